The number of hydrogen-bond acceptors (Lipinski definition) is 7. The van der Waals surface area contributed by atoms with Gasteiger partial charge >= 0.3 is 0 Å². The zero-order valence-corrected chi connectivity index (χ0v) is 50.4. The van der Waals surface area contributed by atoms with Crippen molar-refractivity contribution in [3.63, 3.8) is 0 Å². The van der Waals surface area contributed by atoms with Gasteiger partial charge < -0.3 is 8.83 Å². The Bertz CT molecular complexity index is 6780. The van der Waals surface area contributed by atoms with Crippen molar-refractivity contribution >= 4 is 151 Å². The summed E-state index contributed by atoms with van der Waals surface area (Å²) >= 11 is 3.57. The Hall–Kier alpha value is -11.6. The second-order valence-corrected chi connectivity index (χ2v) is 26.8. The molecule has 15 aromatic carbocycles. The van der Waals surface area contributed by atoms with Crippen molar-refractivity contribution in [1.82, 2.24) is 15.0 Å². The van der Waals surface area contributed by atoms with E-state index < -0.39 is 0 Å². The zero-order chi connectivity index (χ0) is 59.6. The Labute approximate surface area is 532 Å². The summed E-state index contributed by atoms with van der Waals surface area (Å²) in [6.45, 7) is 0. The minimum Gasteiger partial charge on any atom is -0.455 e. The van der Waals surface area contributed by atoms with E-state index in [1.165, 1.54) is 86.2 Å². The summed E-state index contributed by atoms with van der Waals surface area (Å²) in [6.07, 6.45) is 0. The average Bonchev–Trinajstić information content (AvgIpc) is 1.56. The first-order valence-corrected chi connectivity index (χ1v) is 32.8. The van der Waals surface area contributed by atoms with E-state index in [0.29, 0.717) is 5.82 Å². The Kier molecular flexibility index (Phi) is 9.67. The molecule has 0 saturated heterocycles. The molecule has 0 N–H and O–H groups in total. The number of rotatable bonds is 5. The quantitative estimate of drug-likeness (QED) is 0.161. The molecule has 0 amide bonds. The summed E-state index contributed by atoms with van der Waals surface area (Å²) in [4.78, 5) is 16.4. The Balaban J connectivity index is 0.683. The third-order valence-electron chi connectivity index (χ3n) is 20.0. The minimum atomic E-state index is 0.631. The molecule has 5 nitrogen and oxygen atoms in total. The van der Waals surface area contributed by atoms with Crippen LogP contribution in [0.5, 0.6) is 0 Å². The number of thiazole rings is 1. The highest BCUT2D eigenvalue weighted by Gasteiger charge is 2.29. The monoisotopic (exact) mass is 1200 g/mol. The predicted molar refractivity (Wildman–Crippen MR) is 386 cm³/mol. The van der Waals surface area contributed by atoms with E-state index in [0.717, 1.165) is 136 Å². The van der Waals surface area contributed by atoms with Gasteiger partial charge in [-0.3, -0.25) is 0 Å². The Morgan fingerprint density at radius 3 is 1.63 bits per heavy atom. The summed E-state index contributed by atoms with van der Waals surface area (Å²) < 4.78 is 18.1. The summed E-state index contributed by atoms with van der Waals surface area (Å²) in [6, 6.07) is 95.2. The summed E-state index contributed by atoms with van der Waals surface area (Å²) in [5.74, 6) is 0.631. The van der Waals surface area contributed by atoms with Gasteiger partial charge in [-0.05, 0) is 138 Å². The van der Waals surface area contributed by atoms with Crippen molar-refractivity contribution in [3.05, 3.63) is 261 Å². The lowest BCUT2D eigenvalue weighted by atomic mass is 9.91. The maximum atomic E-state index is 7.37. The molecule has 20 aromatic rings. The van der Waals surface area contributed by atoms with Gasteiger partial charge in [-0.15, -0.1) is 22.7 Å². The van der Waals surface area contributed by atoms with Crippen molar-refractivity contribution in [3.8, 4) is 100.0 Å². The van der Waals surface area contributed by atoms with Crippen molar-refractivity contribution < 1.29 is 8.83 Å². The van der Waals surface area contributed by atoms with Gasteiger partial charge in [-0.2, -0.15) is 0 Å². The molecule has 0 atom stereocenters. The fourth-order valence-corrected chi connectivity index (χ4v) is 18.0. The molecule has 0 spiro atoms. The van der Waals surface area contributed by atoms with Crippen molar-refractivity contribution in [2.24, 2.45) is 0 Å². The van der Waals surface area contributed by atoms with Crippen LogP contribution in [0.25, 0.3) is 228 Å². The second kappa shape index (κ2) is 18.1. The molecular weight excluding hydrogens is 1160 g/mol. The fourth-order valence-electron chi connectivity index (χ4n) is 15.9. The summed E-state index contributed by atoms with van der Waals surface area (Å²) in [7, 11) is 0. The smallest absolute Gasteiger partial charge is 0.164 e. The lowest BCUT2D eigenvalue weighted by Crippen LogP contribution is -1.95. The molecule has 5 aromatic heterocycles. The highest BCUT2D eigenvalue weighted by molar-refractivity contribution is 7.25. The van der Waals surface area contributed by atoms with Gasteiger partial charge in [0.25, 0.3) is 0 Å². The largest absolute Gasteiger partial charge is 0.455 e. The number of nitrogens with zero attached hydrogens (tertiary/aromatic N) is 3. The molecule has 2 aliphatic rings. The molecular formula is C85H43N3O2S2. The number of thiophene rings is 1. The number of benzene rings is 15. The van der Waals surface area contributed by atoms with Crippen molar-refractivity contribution in [2.45, 2.75) is 0 Å². The summed E-state index contributed by atoms with van der Waals surface area (Å²) in [5, 5.41) is 18.2. The first-order valence-electron chi connectivity index (χ1n) is 31.2. The van der Waals surface area contributed by atoms with E-state index in [-0.39, 0.29) is 0 Å². The van der Waals surface area contributed by atoms with Crippen LogP contribution in [0.15, 0.2) is 270 Å². The molecule has 0 fully saturated rings. The van der Waals surface area contributed by atoms with E-state index in [1.54, 1.807) is 11.3 Å². The second-order valence-electron chi connectivity index (χ2n) is 24.7. The number of aromatic nitrogens is 3. The maximum absolute atomic E-state index is 7.37. The molecule has 0 saturated carbocycles. The zero-order valence-electron chi connectivity index (χ0n) is 48.8. The third kappa shape index (κ3) is 6.67. The lowest BCUT2D eigenvalue weighted by molar-refractivity contribution is 0.673. The molecule has 92 heavy (non-hydrogen) atoms. The lowest BCUT2D eigenvalue weighted by Gasteiger charge is -2.13. The van der Waals surface area contributed by atoms with Gasteiger partial charge in [0, 0.05) is 90.7 Å². The SMILES string of the molecule is c1cc(-c2nc3c(ccc4ccc5c(-c6cc7c8c(cc9c%10cccc(-c%11nc(-c%12ccc%13c(c%12)sc%12ccccc%12%13)c%12ccccc%12n%11)c%10oc9c8c6)-c6ccccc6-7)cccc5c43)s2)cc(-c2cccc3c2oc2c4cccc5c4c(cc32)-c2ccccc2-5)c1. The molecule has 0 aliphatic heterocycles. The molecule has 7 heteroatoms. The van der Waals surface area contributed by atoms with Gasteiger partial charge in [0.1, 0.15) is 27.3 Å². The van der Waals surface area contributed by atoms with Crippen LogP contribution in [-0.4, -0.2) is 15.0 Å². The van der Waals surface area contributed by atoms with Gasteiger partial charge in [-0.25, -0.2) is 15.0 Å². The van der Waals surface area contributed by atoms with Crippen LogP contribution < -0.4 is 0 Å². The standard InChI is InChI=1S/C85H43N3O2S2/c1-2-17-52-51(16-1)59-25-12-28-63-76(59)66(52)42-68-60-26-11-23-50(80(60)89-82(63)68)45-14-9-15-47(38-45)85-88-79-73(92-85)37-34-44-32-35-55-49(22-10-24-58(55)75(44)79)48-39-65-53-18-3-4-19-54(53)67-43-69-61-27-13-29-64(81(61)90-83(69)70(40-48)77(65)67)84-86-71-30-7-5-21-62(71)78(87-84)46-33-36-57-56-20-6-8-31-72(56)91-74(57)41-46/h1-43H. The molecule has 422 valence electrons. The van der Waals surface area contributed by atoms with E-state index in [2.05, 4.69) is 261 Å². The number of hydrogen-bond donors (Lipinski definition) is 0. The van der Waals surface area contributed by atoms with Gasteiger partial charge in [0.2, 0.25) is 0 Å². The number of para-hydroxylation sites is 3. The average molecular weight is 1200 g/mol. The number of furan rings is 2. The topological polar surface area (TPSA) is 65.0 Å². The Morgan fingerprint density at radius 1 is 0.250 bits per heavy atom. The highest BCUT2D eigenvalue weighted by atomic mass is 32.1. The predicted octanol–water partition coefficient (Wildman–Crippen LogP) is 24.6. The van der Waals surface area contributed by atoms with E-state index >= 15 is 0 Å². The molecule has 0 radical (unpaired) electrons. The van der Waals surface area contributed by atoms with Crippen LogP contribution in [-0.2, 0) is 0 Å². The molecule has 5 heterocycles. The number of fused-ring (bicyclic) bond motifs is 23. The first kappa shape index (κ1) is 49.3. The normalized spacial score (nSPS) is 12.6. The van der Waals surface area contributed by atoms with Crippen LogP contribution in [0.3, 0.4) is 0 Å². The third-order valence-corrected chi connectivity index (χ3v) is 22.2. The molecule has 0 unspecified atom stereocenters. The van der Waals surface area contributed by atoms with Crippen LogP contribution in [0, 0.1) is 0 Å². The van der Waals surface area contributed by atoms with Crippen LogP contribution >= 0.6 is 22.7 Å². The van der Waals surface area contributed by atoms with Crippen LogP contribution in [0.1, 0.15) is 0 Å². The maximum Gasteiger partial charge on any atom is 0.164 e. The van der Waals surface area contributed by atoms with Gasteiger partial charge in [0.15, 0.2) is 5.82 Å². The van der Waals surface area contributed by atoms with E-state index in [1.807, 2.05) is 11.3 Å². The van der Waals surface area contributed by atoms with Crippen molar-refractivity contribution in [1.29, 1.82) is 0 Å². The fraction of sp³-hybridized carbons (Fsp3) is 0. The molecule has 22 rings (SSSR count). The van der Waals surface area contributed by atoms with Crippen LogP contribution in [0.4, 0.5) is 0 Å². The van der Waals surface area contributed by atoms with E-state index in [9.17, 15) is 0 Å². The first-order chi connectivity index (χ1) is 45.6. The van der Waals surface area contributed by atoms with Crippen LogP contribution in [0.2, 0.25) is 0 Å². The highest BCUT2D eigenvalue weighted by Crippen LogP contribution is 2.55. The molecule has 0 bridgehead atoms. The summed E-state index contributed by atoms with van der Waals surface area (Å²) in [5.41, 5.74) is 23.7. The Morgan fingerprint density at radius 2 is 0.826 bits per heavy atom. The molecule has 2 aliphatic carbocycles. The van der Waals surface area contributed by atoms with Crippen molar-refractivity contribution in [2.75, 3.05) is 0 Å². The van der Waals surface area contributed by atoms with Gasteiger partial charge in [-0.1, -0.05) is 200 Å². The minimum absolute atomic E-state index is 0.631. The van der Waals surface area contributed by atoms with E-state index in [4.69, 9.17) is 23.8 Å². The van der Waals surface area contributed by atoms with Gasteiger partial charge in [0.05, 0.1) is 27.0 Å².